The maximum absolute atomic E-state index is 13.8. The lowest BCUT2D eigenvalue weighted by Gasteiger charge is -2.53. The molecule has 0 saturated carbocycles. The highest BCUT2D eigenvalue weighted by Gasteiger charge is 2.52. The quantitative estimate of drug-likeness (QED) is 0.581. The summed E-state index contributed by atoms with van der Waals surface area (Å²) in [6, 6.07) is 4.62. The number of fused-ring (bicyclic) bond motifs is 4. The fraction of sp³-hybridized carbons (Fsp3) is 0.710. The molecular weight excluding hydrogens is 526 g/mol. The van der Waals surface area contributed by atoms with E-state index in [4.69, 9.17) is 18.9 Å². The van der Waals surface area contributed by atoms with Gasteiger partial charge in [-0.3, -0.25) is 9.59 Å². The zero-order chi connectivity index (χ0) is 29.7. The second kappa shape index (κ2) is 11.0. The average Bonchev–Trinajstić information content (AvgIpc) is 3.39. The number of likely N-dealkylation sites (tertiary alicyclic amines) is 2. The first-order chi connectivity index (χ1) is 19.3. The van der Waals surface area contributed by atoms with Crippen LogP contribution in [0.25, 0.3) is 0 Å². The van der Waals surface area contributed by atoms with E-state index in [9.17, 15) is 14.4 Å². The van der Waals surface area contributed by atoms with Gasteiger partial charge in [0.05, 0.1) is 19.3 Å². The summed E-state index contributed by atoms with van der Waals surface area (Å²) in [5.74, 6) is 1.62. The van der Waals surface area contributed by atoms with Gasteiger partial charge >= 0.3 is 6.09 Å². The molecule has 0 aromatic heterocycles. The Morgan fingerprint density at radius 1 is 1.15 bits per heavy atom. The lowest BCUT2D eigenvalue weighted by Crippen LogP contribution is -2.58. The summed E-state index contributed by atoms with van der Waals surface area (Å²) in [6.07, 6.45) is 2.37. The van der Waals surface area contributed by atoms with Crippen LogP contribution in [-0.2, 0) is 19.1 Å². The molecule has 4 aliphatic rings. The number of benzene rings is 1. The van der Waals surface area contributed by atoms with Gasteiger partial charge in [0.25, 0.3) is 0 Å². The molecule has 4 aliphatic heterocycles. The molecule has 10 heteroatoms. The first-order valence-electron chi connectivity index (χ1n) is 14.9. The van der Waals surface area contributed by atoms with Crippen molar-refractivity contribution >= 4 is 17.9 Å². The van der Waals surface area contributed by atoms with Gasteiger partial charge in [-0.15, -0.1) is 0 Å². The zero-order valence-electron chi connectivity index (χ0n) is 25.4. The van der Waals surface area contributed by atoms with Crippen LogP contribution >= 0.6 is 0 Å². The van der Waals surface area contributed by atoms with Crippen molar-refractivity contribution in [3.63, 3.8) is 0 Å². The van der Waals surface area contributed by atoms with Crippen molar-refractivity contribution in [3.8, 4) is 11.5 Å². The van der Waals surface area contributed by atoms with Crippen LogP contribution < -0.4 is 14.8 Å². The first-order valence-corrected chi connectivity index (χ1v) is 14.9. The van der Waals surface area contributed by atoms with E-state index in [0.29, 0.717) is 26.1 Å². The minimum Gasteiger partial charge on any atom is -0.497 e. The van der Waals surface area contributed by atoms with Crippen LogP contribution in [-0.4, -0.2) is 83.8 Å². The highest BCUT2D eigenvalue weighted by Crippen LogP contribution is 2.53. The van der Waals surface area contributed by atoms with Gasteiger partial charge in [0.15, 0.2) is 0 Å². The van der Waals surface area contributed by atoms with Crippen molar-refractivity contribution in [2.45, 2.75) is 103 Å². The fourth-order valence-electron chi connectivity index (χ4n) is 6.90. The number of methoxy groups -OCH3 is 1. The monoisotopic (exact) mass is 571 g/mol. The number of alkyl carbamates (subject to hydrolysis) is 1. The van der Waals surface area contributed by atoms with Crippen molar-refractivity contribution in [2.75, 3.05) is 26.7 Å². The maximum atomic E-state index is 13.8. The summed E-state index contributed by atoms with van der Waals surface area (Å²) >= 11 is 0. The Kier molecular flexibility index (Phi) is 7.91. The van der Waals surface area contributed by atoms with Crippen molar-refractivity contribution in [3.05, 3.63) is 23.8 Å². The summed E-state index contributed by atoms with van der Waals surface area (Å²) < 4.78 is 23.9. The fourth-order valence-corrected chi connectivity index (χ4v) is 6.90. The topological polar surface area (TPSA) is 107 Å². The lowest BCUT2D eigenvalue weighted by molar-refractivity contribution is -0.189. The number of nitrogens with one attached hydrogen (secondary N) is 1. The Hall–Kier alpha value is -3.01. The summed E-state index contributed by atoms with van der Waals surface area (Å²) in [5, 5.41) is 2.62. The van der Waals surface area contributed by atoms with E-state index in [1.165, 1.54) is 0 Å². The number of carbonyl (C=O) groups excluding carboxylic acids is 3. The highest BCUT2D eigenvalue weighted by atomic mass is 16.6. The van der Waals surface area contributed by atoms with Gasteiger partial charge in [0.2, 0.25) is 11.8 Å². The molecule has 3 amide bonds. The third-order valence-electron chi connectivity index (χ3n) is 8.94. The molecule has 226 valence electrons. The lowest BCUT2D eigenvalue weighted by atomic mass is 9.70. The molecule has 41 heavy (non-hydrogen) atoms. The van der Waals surface area contributed by atoms with Gasteiger partial charge in [-0.05, 0) is 79.4 Å². The SMILES string of the molecule is COc1ccc2c(c1)OC(C)(C)[C@@H]1C[C@H]3CN(C(=O)[C@@H]4CCCN4C(=O)C(C)NC(=O)OC(C)(C)C)CC[C@H]3O[C@@H]21. The number of rotatable bonds is 4. The summed E-state index contributed by atoms with van der Waals surface area (Å²) in [4.78, 5) is 42.9. The molecule has 4 heterocycles. The molecule has 0 bridgehead atoms. The van der Waals surface area contributed by atoms with E-state index in [0.717, 1.165) is 36.3 Å². The third-order valence-corrected chi connectivity index (χ3v) is 8.94. The predicted octanol–water partition coefficient (Wildman–Crippen LogP) is 4.07. The van der Waals surface area contributed by atoms with Crippen LogP contribution in [0, 0.1) is 11.8 Å². The van der Waals surface area contributed by atoms with Gasteiger partial charge in [-0.25, -0.2) is 4.79 Å². The molecular formula is C31H45N3O7. The van der Waals surface area contributed by atoms with E-state index in [1.807, 2.05) is 23.1 Å². The molecule has 3 fully saturated rings. The number of hydrogen-bond donors (Lipinski definition) is 1. The van der Waals surface area contributed by atoms with Crippen LogP contribution in [0.15, 0.2) is 18.2 Å². The van der Waals surface area contributed by atoms with Crippen molar-refractivity contribution in [1.29, 1.82) is 0 Å². The summed E-state index contributed by atoms with van der Waals surface area (Å²) in [7, 11) is 1.65. The van der Waals surface area contributed by atoms with Crippen LogP contribution in [0.1, 0.15) is 78.9 Å². The number of piperidine rings is 1. The number of hydrogen-bond acceptors (Lipinski definition) is 7. The average molecular weight is 572 g/mol. The summed E-state index contributed by atoms with van der Waals surface area (Å²) in [5.41, 5.74) is -0.0433. The smallest absolute Gasteiger partial charge is 0.408 e. The minimum atomic E-state index is -0.788. The van der Waals surface area contributed by atoms with Gasteiger partial charge in [-0.2, -0.15) is 0 Å². The first kappa shape index (κ1) is 29.5. The Bertz CT molecular complexity index is 1180. The Balaban J connectivity index is 1.24. The number of ether oxygens (including phenoxy) is 4. The molecule has 1 aromatic carbocycles. The number of nitrogens with zero attached hydrogens (tertiary/aromatic N) is 2. The van der Waals surface area contributed by atoms with Crippen molar-refractivity contribution in [1.82, 2.24) is 15.1 Å². The van der Waals surface area contributed by atoms with Gasteiger partial charge in [-0.1, -0.05) is 0 Å². The van der Waals surface area contributed by atoms with Crippen LogP contribution in [0.5, 0.6) is 11.5 Å². The zero-order valence-corrected chi connectivity index (χ0v) is 25.4. The van der Waals surface area contributed by atoms with E-state index < -0.39 is 29.4 Å². The summed E-state index contributed by atoms with van der Waals surface area (Å²) in [6.45, 7) is 12.9. The largest absolute Gasteiger partial charge is 0.497 e. The van der Waals surface area contributed by atoms with E-state index >= 15 is 0 Å². The van der Waals surface area contributed by atoms with E-state index in [1.54, 1.807) is 39.7 Å². The second-order valence-electron chi connectivity index (χ2n) is 13.4. The van der Waals surface area contributed by atoms with E-state index in [2.05, 4.69) is 19.2 Å². The van der Waals surface area contributed by atoms with Gasteiger partial charge in [0.1, 0.15) is 34.8 Å². The van der Waals surface area contributed by atoms with Crippen LogP contribution in [0.3, 0.4) is 0 Å². The molecule has 0 spiro atoms. The predicted molar refractivity (Wildman–Crippen MR) is 152 cm³/mol. The molecule has 0 aliphatic carbocycles. The van der Waals surface area contributed by atoms with Gasteiger partial charge in [0, 0.05) is 43.1 Å². The normalized spacial score (nSPS) is 29.3. The Morgan fingerprint density at radius 2 is 1.90 bits per heavy atom. The number of amides is 3. The number of carbonyl (C=O) groups is 3. The van der Waals surface area contributed by atoms with Crippen molar-refractivity contribution in [2.24, 2.45) is 11.8 Å². The molecule has 5 rings (SSSR count). The third kappa shape index (κ3) is 5.98. The Labute approximate surface area is 243 Å². The van der Waals surface area contributed by atoms with Crippen LogP contribution in [0.2, 0.25) is 0 Å². The standard InChI is InChI=1S/C31H45N3O7/c1-18(32-29(37)41-30(2,3)4)27(35)34-13-8-9-23(34)28(36)33-14-12-24-19(17-33)15-22-26(39-24)21-11-10-20(38-7)16-25(21)40-31(22,5)6/h10-11,16,18-19,22-24,26H,8-9,12-15,17H2,1-7H3,(H,32,37)/t18?,19-,22+,23-,24+,26-/m0/s1. The molecule has 1 aromatic rings. The van der Waals surface area contributed by atoms with Gasteiger partial charge < -0.3 is 34.1 Å². The molecule has 0 radical (unpaired) electrons. The minimum absolute atomic E-state index is 0.0162. The molecule has 6 atom stereocenters. The maximum Gasteiger partial charge on any atom is 0.408 e. The highest BCUT2D eigenvalue weighted by molar-refractivity contribution is 5.91. The Morgan fingerprint density at radius 3 is 2.61 bits per heavy atom. The van der Waals surface area contributed by atoms with Crippen molar-refractivity contribution < 1.29 is 33.3 Å². The van der Waals surface area contributed by atoms with E-state index in [-0.39, 0.29) is 35.9 Å². The molecule has 1 unspecified atom stereocenters. The van der Waals surface area contributed by atoms with Crippen LogP contribution in [0.4, 0.5) is 4.79 Å². The second-order valence-corrected chi connectivity index (χ2v) is 13.4. The molecule has 3 saturated heterocycles. The molecule has 10 nitrogen and oxygen atoms in total. The molecule has 1 N–H and O–H groups in total.